The van der Waals surface area contributed by atoms with E-state index >= 15 is 0 Å². The van der Waals surface area contributed by atoms with E-state index in [1.54, 1.807) is 7.11 Å². The number of benzene rings is 1. The van der Waals surface area contributed by atoms with Gasteiger partial charge >= 0.3 is 0 Å². The van der Waals surface area contributed by atoms with Crippen molar-refractivity contribution in [2.75, 3.05) is 13.7 Å². The zero-order chi connectivity index (χ0) is 10.7. The minimum Gasteiger partial charge on any atom is -0.379 e. The molecule has 1 fully saturated rings. The lowest BCUT2D eigenvalue weighted by Gasteiger charge is -2.28. The van der Waals surface area contributed by atoms with Gasteiger partial charge in [0.2, 0.25) is 0 Å². The van der Waals surface area contributed by atoms with Gasteiger partial charge in [-0.3, -0.25) is 0 Å². The molecule has 0 radical (unpaired) electrons. The van der Waals surface area contributed by atoms with E-state index in [0.717, 1.165) is 17.9 Å². The minimum absolute atomic E-state index is 0.202. The molecule has 1 aliphatic heterocycles. The fraction of sp³-hybridized carbons (Fsp3) is 0.500. The highest BCUT2D eigenvalue weighted by molar-refractivity contribution is 6.30. The number of rotatable bonds is 2. The van der Waals surface area contributed by atoms with Gasteiger partial charge in [-0.25, -0.2) is 0 Å². The number of hydrogen-bond donors (Lipinski definition) is 0. The predicted octanol–water partition coefficient (Wildman–Crippen LogP) is 3.21. The lowest BCUT2D eigenvalue weighted by Crippen LogP contribution is -2.26. The molecule has 0 amide bonds. The van der Waals surface area contributed by atoms with Crippen LogP contribution in [0.25, 0.3) is 0 Å². The summed E-state index contributed by atoms with van der Waals surface area (Å²) in [6.45, 7) is 0.684. The zero-order valence-corrected chi connectivity index (χ0v) is 9.54. The van der Waals surface area contributed by atoms with Crippen LogP contribution < -0.4 is 0 Å². The van der Waals surface area contributed by atoms with E-state index in [2.05, 4.69) is 0 Å². The summed E-state index contributed by atoms with van der Waals surface area (Å²) in [5.74, 6) is 0. The van der Waals surface area contributed by atoms with Crippen LogP contribution in [-0.4, -0.2) is 19.8 Å². The molecule has 15 heavy (non-hydrogen) atoms. The van der Waals surface area contributed by atoms with E-state index in [0.29, 0.717) is 6.61 Å². The molecule has 1 aromatic carbocycles. The summed E-state index contributed by atoms with van der Waals surface area (Å²) in [6, 6.07) is 7.87. The van der Waals surface area contributed by atoms with Gasteiger partial charge in [-0.05, 0) is 30.5 Å². The Kier molecular flexibility index (Phi) is 3.62. The highest BCUT2D eigenvalue weighted by atomic mass is 35.5. The molecule has 1 aliphatic rings. The van der Waals surface area contributed by atoms with Crippen LogP contribution in [0.3, 0.4) is 0 Å². The third-order valence-electron chi connectivity index (χ3n) is 2.81. The van der Waals surface area contributed by atoms with Crippen molar-refractivity contribution in [2.45, 2.75) is 25.0 Å². The molecule has 0 aromatic heterocycles. The van der Waals surface area contributed by atoms with Crippen molar-refractivity contribution in [3.05, 3.63) is 34.9 Å². The summed E-state index contributed by atoms with van der Waals surface area (Å²) < 4.78 is 11.0. The van der Waals surface area contributed by atoms with Crippen LogP contribution in [-0.2, 0) is 9.47 Å². The SMILES string of the molecule is COC1CCC(c2ccc(Cl)cc2)OC1. The minimum atomic E-state index is 0.202. The number of hydrogen-bond acceptors (Lipinski definition) is 2. The molecule has 0 aliphatic carbocycles. The maximum absolute atomic E-state index is 5.84. The monoisotopic (exact) mass is 226 g/mol. The van der Waals surface area contributed by atoms with Gasteiger partial charge in [-0.1, -0.05) is 23.7 Å². The molecule has 2 unspecified atom stereocenters. The Morgan fingerprint density at radius 2 is 2.00 bits per heavy atom. The van der Waals surface area contributed by atoms with Crippen LogP contribution in [0.1, 0.15) is 24.5 Å². The molecule has 0 bridgehead atoms. The average Bonchev–Trinajstić information content (AvgIpc) is 2.30. The molecule has 0 spiro atoms. The summed E-state index contributed by atoms with van der Waals surface area (Å²) in [5, 5.41) is 0.768. The Bertz CT molecular complexity index is 302. The number of halogens is 1. The highest BCUT2D eigenvalue weighted by Crippen LogP contribution is 2.29. The molecule has 1 aromatic rings. The van der Waals surface area contributed by atoms with Gasteiger partial charge in [-0.15, -0.1) is 0 Å². The Balaban J connectivity index is 1.98. The fourth-order valence-electron chi connectivity index (χ4n) is 1.85. The Hall–Kier alpha value is -0.570. The van der Waals surface area contributed by atoms with Crippen molar-refractivity contribution in [3.8, 4) is 0 Å². The molecule has 1 heterocycles. The van der Waals surface area contributed by atoms with Gasteiger partial charge in [0, 0.05) is 12.1 Å². The van der Waals surface area contributed by atoms with Crippen LogP contribution in [0.15, 0.2) is 24.3 Å². The van der Waals surface area contributed by atoms with Crippen molar-refractivity contribution in [1.29, 1.82) is 0 Å². The quantitative estimate of drug-likeness (QED) is 0.771. The first-order valence-electron chi connectivity index (χ1n) is 5.19. The second-order valence-corrected chi connectivity index (χ2v) is 4.25. The lowest BCUT2D eigenvalue weighted by molar-refractivity contribution is -0.0725. The molecule has 0 N–H and O–H groups in total. The highest BCUT2D eigenvalue weighted by Gasteiger charge is 2.22. The standard InChI is InChI=1S/C12H15ClO2/c1-14-11-6-7-12(15-8-11)9-2-4-10(13)5-3-9/h2-5,11-12H,6-8H2,1H3. The Morgan fingerprint density at radius 1 is 1.27 bits per heavy atom. The van der Waals surface area contributed by atoms with Crippen molar-refractivity contribution in [2.24, 2.45) is 0 Å². The molecule has 1 saturated heterocycles. The third-order valence-corrected chi connectivity index (χ3v) is 3.06. The summed E-state index contributed by atoms with van der Waals surface area (Å²) in [5.41, 5.74) is 1.20. The van der Waals surface area contributed by atoms with E-state index < -0.39 is 0 Å². The largest absolute Gasteiger partial charge is 0.379 e. The summed E-state index contributed by atoms with van der Waals surface area (Å²) in [7, 11) is 1.73. The summed E-state index contributed by atoms with van der Waals surface area (Å²) in [4.78, 5) is 0. The fourth-order valence-corrected chi connectivity index (χ4v) is 1.98. The van der Waals surface area contributed by atoms with Crippen LogP contribution in [0.2, 0.25) is 5.02 Å². The normalized spacial score (nSPS) is 26.5. The number of methoxy groups -OCH3 is 1. The Labute approximate surface area is 95.1 Å². The van der Waals surface area contributed by atoms with Crippen LogP contribution in [0.5, 0.6) is 0 Å². The molecule has 2 rings (SSSR count). The van der Waals surface area contributed by atoms with E-state index in [-0.39, 0.29) is 12.2 Å². The van der Waals surface area contributed by atoms with Crippen molar-refractivity contribution in [3.63, 3.8) is 0 Å². The van der Waals surface area contributed by atoms with E-state index in [9.17, 15) is 0 Å². The van der Waals surface area contributed by atoms with Gasteiger partial charge < -0.3 is 9.47 Å². The molecular formula is C12H15ClO2. The van der Waals surface area contributed by atoms with Gasteiger partial charge in [0.15, 0.2) is 0 Å². The molecule has 2 atom stereocenters. The average molecular weight is 227 g/mol. The van der Waals surface area contributed by atoms with Gasteiger partial charge in [0.1, 0.15) is 0 Å². The second kappa shape index (κ2) is 4.97. The lowest BCUT2D eigenvalue weighted by atomic mass is 10.0. The predicted molar refractivity (Wildman–Crippen MR) is 60.2 cm³/mol. The molecular weight excluding hydrogens is 212 g/mol. The van der Waals surface area contributed by atoms with Crippen molar-refractivity contribution in [1.82, 2.24) is 0 Å². The topological polar surface area (TPSA) is 18.5 Å². The van der Waals surface area contributed by atoms with Gasteiger partial charge in [-0.2, -0.15) is 0 Å². The zero-order valence-electron chi connectivity index (χ0n) is 8.78. The third kappa shape index (κ3) is 2.71. The summed E-state index contributed by atoms with van der Waals surface area (Å²) >= 11 is 5.84. The second-order valence-electron chi connectivity index (χ2n) is 3.81. The van der Waals surface area contributed by atoms with E-state index in [4.69, 9.17) is 21.1 Å². The van der Waals surface area contributed by atoms with Crippen LogP contribution in [0.4, 0.5) is 0 Å². The maximum atomic E-state index is 5.84. The first kappa shape index (κ1) is 10.9. The van der Waals surface area contributed by atoms with Gasteiger partial charge in [0.25, 0.3) is 0 Å². The van der Waals surface area contributed by atoms with Crippen molar-refractivity contribution < 1.29 is 9.47 Å². The first-order chi connectivity index (χ1) is 7.29. The van der Waals surface area contributed by atoms with Crippen LogP contribution in [0, 0.1) is 0 Å². The van der Waals surface area contributed by atoms with Crippen LogP contribution >= 0.6 is 11.6 Å². The number of ether oxygens (including phenoxy) is 2. The molecule has 2 nitrogen and oxygen atoms in total. The van der Waals surface area contributed by atoms with Gasteiger partial charge in [0.05, 0.1) is 18.8 Å². The Morgan fingerprint density at radius 3 is 2.53 bits per heavy atom. The van der Waals surface area contributed by atoms with E-state index in [1.165, 1.54) is 5.56 Å². The summed E-state index contributed by atoms with van der Waals surface area (Å²) in [6.07, 6.45) is 2.53. The smallest absolute Gasteiger partial charge is 0.0827 e. The van der Waals surface area contributed by atoms with E-state index in [1.807, 2.05) is 24.3 Å². The molecule has 82 valence electrons. The molecule has 0 saturated carbocycles. The van der Waals surface area contributed by atoms with Crippen molar-refractivity contribution >= 4 is 11.6 Å². The maximum Gasteiger partial charge on any atom is 0.0827 e. The molecule has 3 heteroatoms. The first-order valence-corrected chi connectivity index (χ1v) is 5.57.